The van der Waals surface area contributed by atoms with Crippen LogP contribution < -0.4 is 5.32 Å². The fraction of sp³-hybridized carbons (Fsp3) is 0.310. The van der Waals surface area contributed by atoms with Crippen molar-refractivity contribution in [2.45, 2.75) is 38.8 Å². The van der Waals surface area contributed by atoms with E-state index in [1.807, 2.05) is 38.1 Å². The summed E-state index contributed by atoms with van der Waals surface area (Å²) in [4.78, 5) is 55.3. The Labute approximate surface area is 239 Å². The molecule has 0 aliphatic carbocycles. The molecule has 2 aromatic heterocycles. The van der Waals surface area contributed by atoms with Gasteiger partial charge in [-0.3, -0.25) is 14.6 Å². The number of fused-ring (bicyclic) bond motifs is 1. The van der Waals surface area contributed by atoms with E-state index in [1.165, 1.54) is 0 Å². The van der Waals surface area contributed by atoms with Crippen LogP contribution in [-0.2, 0) is 4.79 Å². The molecule has 4 aromatic rings. The highest BCUT2D eigenvalue weighted by Gasteiger charge is 2.37. The number of Topliss-reactive ketones (excluding diaryl/α,β-unsaturated/α-hetero) is 1. The van der Waals surface area contributed by atoms with Crippen molar-refractivity contribution in [3.05, 3.63) is 66.2 Å². The summed E-state index contributed by atoms with van der Waals surface area (Å²) in [5.41, 5.74) is 5.33. The van der Waals surface area contributed by atoms with Crippen LogP contribution in [0.15, 0.2) is 54.9 Å². The number of halogens is 1. The van der Waals surface area contributed by atoms with Gasteiger partial charge >= 0.3 is 6.09 Å². The fourth-order valence-corrected chi connectivity index (χ4v) is 5.34. The maximum Gasteiger partial charge on any atom is 0.405 e. The third kappa shape index (κ3) is 5.60. The minimum Gasteiger partial charge on any atom is -0.465 e. The summed E-state index contributed by atoms with van der Waals surface area (Å²) in [5.74, 6) is 0.266. The highest BCUT2D eigenvalue weighted by atomic mass is 79.9. The van der Waals surface area contributed by atoms with E-state index >= 15 is 0 Å². The molecule has 5 rings (SSSR count). The number of imidazole rings is 1. The van der Waals surface area contributed by atoms with E-state index < -0.39 is 12.1 Å². The molecule has 2 atom stereocenters. The molecule has 1 fully saturated rings. The number of nitrogens with zero attached hydrogens (tertiary/aromatic N) is 4. The fourth-order valence-electron chi connectivity index (χ4n) is 5.01. The minimum atomic E-state index is -1.21. The van der Waals surface area contributed by atoms with Crippen molar-refractivity contribution in [1.82, 2.24) is 30.2 Å². The zero-order valence-corrected chi connectivity index (χ0v) is 23.7. The Balaban J connectivity index is 1.33. The number of aromatic amines is 1. The van der Waals surface area contributed by atoms with E-state index in [2.05, 4.69) is 36.2 Å². The van der Waals surface area contributed by atoms with Crippen molar-refractivity contribution in [2.75, 3.05) is 11.9 Å². The largest absolute Gasteiger partial charge is 0.465 e. The summed E-state index contributed by atoms with van der Waals surface area (Å²) in [6.45, 7) is 4.21. The van der Waals surface area contributed by atoms with Crippen LogP contribution in [0.1, 0.15) is 48.9 Å². The van der Waals surface area contributed by atoms with Gasteiger partial charge in [0.25, 0.3) is 0 Å². The van der Waals surface area contributed by atoms with Crippen molar-refractivity contribution in [3.63, 3.8) is 0 Å². The Morgan fingerprint density at radius 3 is 2.52 bits per heavy atom. The van der Waals surface area contributed by atoms with Crippen molar-refractivity contribution in [3.8, 4) is 22.5 Å². The maximum absolute atomic E-state index is 13.2. The Bertz CT molecular complexity index is 1570. The lowest BCUT2D eigenvalue weighted by molar-refractivity contribution is -0.135. The molecular formula is C29H29BrN6O4. The number of amides is 2. The molecule has 2 amide bonds. The molecule has 0 saturated carbocycles. The van der Waals surface area contributed by atoms with Gasteiger partial charge in [-0.2, -0.15) is 0 Å². The number of ketones is 1. The second-order valence-corrected chi connectivity index (χ2v) is 10.7. The van der Waals surface area contributed by atoms with Crippen molar-refractivity contribution in [1.29, 1.82) is 0 Å². The van der Waals surface area contributed by atoms with E-state index in [1.54, 1.807) is 35.5 Å². The highest BCUT2D eigenvalue weighted by molar-refractivity contribution is 9.09. The average Bonchev–Trinajstić information content (AvgIpc) is 3.65. The number of carbonyl (C=O) groups is 3. The molecule has 0 bridgehead atoms. The number of hydrogen-bond acceptors (Lipinski definition) is 6. The van der Waals surface area contributed by atoms with Gasteiger partial charge in [0.15, 0.2) is 5.78 Å². The monoisotopic (exact) mass is 604 g/mol. The smallest absolute Gasteiger partial charge is 0.405 e. The van der Waals surface area contributed by atoms with Gasteiger partial charge in [-0.05, 0) is 42.5 Å². The first-order valence-electron chi connectivity index (χ1n) is 13.1. The van der Waals surface area contributed by atoms with Crippen molar-refractivity contribution < 1.29 is 19.5 Å². The standard InChI is InChI=1S/C29H29BrN6O4/c1-16(2)26(35-29(39)40)28(38)36-11-3-4-24(36)27-32-15-23(34-27)18-7-5-17(6-8-18)22-14-31-21-12-19(25(37)13-30)9-10-20(21)33-22/h5-10,12,14-16,24,26,35H,3-4,11,13H2,1-2H3,(H,32,34)(H,39,40)/t24-,26-/m0/s1. The van der Waals surface area contributed by atoms with Gasteiger partial charge in [-0.25, -0.2) is 14.8 Å². The molecule has 3 N–H and O–H groups in total. The summed E-state index contributed by atoms with van der Waals surface area (Å²) < 4.78 is 0. The topological polar surface area (TPSA) is 141 Å². The van der Waals surface area contributed by atoms with Crippen LogP contribution in [0.25, 0.3) is 33.5 Å². The quantitative estimate of drug-likeness (QED) is 0.185. The Kier molecular flexibility index (Phi) is 7.92. The van der Waals surface area contributed by atoms with E-state index in [4.69, 9.17) is 4.98 Å². The second-order valence-electron chi connectivity index (χ2n) is 10.1. The highest BCUT2D eigenvalue weighted by Crippen LogP contribution is 2.33. The Hall–Kier alpha value is -4.12. The van der Waals surface area contributed by atoms with Crippen molar-refractivity contribution in [2.24, 2.45) is 5.92 Å². The Morgan fingerprint density at radius 1 is 1.07 bits per heavy atom. The number of carboxylic acid groups (broad SMARTS) is 1. The molecule has 0 unspecified atom stereocenters. The molecular weight excluding hydrogens is 576 g/mol. The first kappa shape index (κ1) is 27.4. The predicted octanol–water partition coefficient (Wildman–Crippen LogP) is 5.22. The van der Waals surface area contributed by atoms with E-state index in [9.17, 15) is 19.5 Å². The molecule has 3 heterocycles. The molecule has 1 saturated heterocycles. The summed E-state index contributed by atoms with van der Waals surface area (Å²) in [6.07, 6.45) is 3.81. The van der Waals surface area contributed by atoms with Gasteiger partial charge in [-0.1, -0.05) is 54.0 Å². The summed E-state index contributed by atoms with van der Waals surface area (Å²) in [5, 5.41) is 11.8. The van der Waals surface area contributed by atoms with Crippen LogP contribution in [-0.4, -0.2) is 65.6 Å². The van der Waals surface area contributed by atoms with Crippen LogP contribution in [0, 0.1) is 5.92 Å². The molecule has 1 aliphatic heterocycles. The van der Waals surface area contributed by atoms with Gasteiger partial charge < -0.3 is 20.3 Å². The van der Waals surface area contributed by atoms with Crippen molar-refractivity contribution >= 4 is 44.7 Å². The lowest BCUT2D eigenvalue weighted by atomic mass is 10.0. The number of hydrogen-bond donors (Lipinski definition) is 3. The molecule has 40 heavy (non-hydrogen) atoms. The number of aromatic nitrogens is 4. The zero-order valence-electron chi connectivity index (χ0n) is 22.1. The average molecular weight is 605 g/mol. The molecule has 206 valence electrons. The van der Waals surface area contributed by atoms with Crippen LogP contribution in [0.4, 0.5) is 4.79 Å². The van der Waals surface area contributed by atoms with Gasteiger partial charge in [-0.15, -0.1) is 0 Å². The molecule has 1 aliphatic rings. The number of rotatable bonds is 8. The van der Waals surface area contributed by atoms with E-state index in [-0.39, 0.29) is 29.0 Å². The number of benzene rings is 2. The second kappa shape index (κ2) is 11.5. The van der Waals surface area contributed by atoms with Gasteiger partial charge in [0.2, 0.25) is 5.91 Å². The molecule has 0 spiro atoms. The third-order valence-electron chi connectivity index (χ3n) is 7.14. The van der Waals surface area contributed by atoms with Gasteiger partial charge in [0.1, 0.15) is 11.9 Å². The number of alkyl halides is 1. The number of carbonyl (C=O) groups excluding carboxylic acids is 2. The summed E-state index contributed by atoms with van der Waals surface area (Å²) in [6, 6.07) is 12.1. The lowest BCUT2D eigenvalue weighted by Gasteiger charge is -2.29. The van der Waals surface area contributed by atoms with E-state index in [0.717, 1.165) is 35.4 Å². The normalized spacial score (nSPS) is 15.9. The lowest BCUT2D eigenvalue weighted by Crippen LogP contribution is -2.50. The summed E-state index contributed by atoms with van der Waals surface area (Å²) in [7, 11) is 0. The maximum atomic E-state index is 13.2. The predicted molar refractivity (Wildman–Crippen MR) is 154 cm³/mol. The van der Waals surface area contributed by atoms with Crippen LogP contribution >= 0.6 is 15.9 Å². The first-order valence-corrected chi connectivity index (χ1v) is 14.2. The summed E-state index contributed by atoms with van der Waals surface area (Å²) >= 11 is 3.20. The molecule has 10 nitrogen and oxygen atoms in total. The Morgan fingerprint density at radius 2 is 1.82 bits per heavy atom. The van der Waals surface area contributed by atoms with Crippen LogP contribution in [0.2, 0.25) is 0 Å². The number of nitrogens with one attached hydrogen (secondary N) is 2. The van der Waals surface area contributed by atoms with Crippen LogP contribution in [0.3, 0.4) is 0 Å². The molecule has 11 heteroatoms. The van der Waals surface area contributed by atoms with Gasteiger partial charge in [0.05, 0.1) is 46.2 Å². The van der Waals surface area contributed by atoms with Crippen LogP contribution in [0.5, 0.6) is 0 Å². The molecule has 2 aromatic carbocycles. The third-order valence-corrected chi connectivity index (χ3v) is 7.65. The van der Waals surface area contributed by atoms with Gasteiger partial charge in [0, 0.05) is 17.7 Å². The first-order chi connectivity index (χ1) is 19.2. The number of H-pyrrole nitrogens is 1. The zero-order chi connectivity index (χ0) is 28.4. The molecule has 0 radical (unpaired) electrons. The number of likely N-dealkylation sites (tertiary alicyclic amines) is 1. The SMILES string of the molecule is CC(C)[C@H](NC(=O)O)C(=O)N1CCC[C@H]1c1ncc(-c2ccc(-c3cnc4cc(C(=O)CBr)ccc4n3)cc2)[nH]1. The minimum absolute atomic E-state index is 0.00693. The van der Waals surface area contributed by atoms with E-state index in [0.29, 0.717) is 29.0 Å².